The Balaban J connectivity index is 2.39. The second-order valence-electron chi connectivity index (χ2n) is 23.1. The molecular formula is C49H96N2O14Si2. The van der Waals surface area contributed by atoms with Gasteiger partial charge in [-0.05, 0) is 121 Å². The van der Waals surface area contributed by atoms with Crippen molar-refractivity contribution in [1.29, 1.82) is 0 Å². The van der Waals surface area contributed by atoms with E-state index in [2.05, 4.69) is 44.2 Å². The van der Waals surface area contributed by atoms with Gasteiger partial charge in [0.1, 0.15) is 17.8 Å². The molecule has 0 aromatic carbocycles. The molecule has 0 amide bonds. The normalized spacial score (nSPS) is 42.1. The molecule has 0 radical (unpaired) electrons. The Labute approximate surface area is 407 Å². The number of hydrogen-bond donors (Lipinski definition) is 2. The van der Waals surface area contributed by atoms with Crippen LogP contribution in [0.5, 0.6) is 0 Å². The first-order valence-corrected chi connectivity index (χ1v) is 31.7. The van der Waals surface area contributed by atoms with Gasteiger partial charge in [-0.3, -0.25) is 4.79 Å². The number of ether oxygens (including phenoxy) is 8. The summed E-state index contributed by atoms with van der Waals surface area (Å²) in [7, 11) is 3.16. The SMILES string of the molecule is CCOC(C)(C)ON=C1C(C)CC(C)(OC)C(OC2OC(C)CC(N(C)C)C2O[Si](C)(C)C)C(C)C(OC2CC(C)(OC)C(O[Si](C)(C)C)C(C)O2)C(C)C(=O)OC(CC)C(C)(O)C(O)C1C. The molecule has 18 unspecified atom stereocenters. The summed E-state index contributed by atoms with van der Waals surface area (Å²) < 4.78 is 66.8. The zero-order chi connectivity index (χ0) is 51.4. The molecular weight excluding hydrogens is 897 g/mol. The van der Waals surface area contributed by atoms with E-state index in [1.54, 1.807) is 48.8 Å². The number of rotatable bonds is 16. The van der Waals surface area contributed by atoms with Gasteiger partial charge in [0.05, 0.1) is 59.5 Å². The van der Waals surface area contributed by atoms with Gasteiger partial charge < -0.3 is 66.7 Å². The zero-order valence-electron chi connectivity index (χ0n) is 45.9. The summed E-state index contributed by atoms with van der Waals surface area (Å²) in [6.45, 7) is 37.5. The van der Waals surface area contributed by atoms with E-state index < -0.39 is 118 Å². The van der Waals surface area contributed by atoms with Crippen LogP contribution in [0.25, 0.3) is 0 Å². The molecule has 0 aromatic rings. The molecule has 3 heterocycles. The molecule has 0 spiro atoms. The molecule has 67 heavy (non-hydrogen) atoms. The highest BCUT2D eigenvalue weighted by atomic mass is 28.4. The summed E-state index contributed by atoms with van der Waals surface area (Å²) in [6.07, 6.45) is -5.99. The molecule has 3 saturated heterocycles. The van der Waals surface area contributed by atoms with Crippen LogP contribution in [-0.4, -0.2) is 168 Å². The highest BCUT2D eigenvalue weighted by Gasteiger charge is 2.55. The number of carbonyl (C=O) groups is 1. The number of esters is 1. The fourth-order valence-corrected chi connectivity index (χ4v) is 12.7. The maximum Gasteiger partial charge on any atom is 0.311 e. The van der Waals surface area contributed by atoms with Crippen molar-refractivity contribution >= 4 is 28.3 Å². The summed E-state index contributed by atoms with van der Waals surface area (Å²) in [6, 6.07) is -0.0381. The lowest BCUT2D eigenvalue weighted by atomic mass is 9.73. The molecule has 0 saturated carbocycles. The number of cyclic esters (lactones) is 1. The maximum absolute atomic E-state index is 14.8. The lowest BCUT2D eigenvalue weighted by Gasteiger charge is -2.51. The van der Waals surface area contributed by atoms with Crippen molar-refractivity contribution in [3.63, 3.8) is 0 Å². The number of hydrogen-bond acceptors (Lipinski definition) is 16. The topological polar surface area (TPSA) is 175 Å². The maximum atomic E-state index is 14.8. The van der Waals surface area contributed by atoms with Gasteiger partial charge in [-0.2, -0.15) is 0 Å². The van der Waals surface area contributed by atoms with Gasteiger partial charge in [0.15, 0.2) is 29.2 Å². The summed E-state index contributed by atoms with van der Waals surface area (Å²) >= 11 is 0. The number of likely N-dealkylation sites (N-methyl/N-ethyl adjacent to an activating group) is 1. The molecule has 0 aromatic heterocycles. The predicted molar refractivity (Wildman–Crippen MR) is 265 cm³/mol. The number of aliphatic hydroxyl groups excluding tert-OH is 1. The molecule has 0 bridgehead atoms. The number of methoxy groups -OCH3 is 2. The van der Waals surface area contributed by atoms with E-state index in [1.165, 1.54) is 6.92 Å². The molecule has 18 heteroatoms. The largest absolute Gasteiger partial charge is 0.459 e. The zero-order valence-corrected chi connectivity index (χ0v) is 47.9. The first kappa shape index (κ1) is 60.2. The molecule has 3 aliphatic rings. The van der Waals surface area contributed by atoms with Crippen molar-refractivity contribution in [2.24, 2.45) is 28.8 Å². The van der Waals surface area contributed by atoms with E-state index in [0.717, 1.165) is 6.42 Å². The number of carbonyl (C=O) groups excluding carboxylic acids is 1. The average Bonchev–Trinajstić information content (AvgIpc) is 3.20. The predicted octanol–water partition coefficient (Wildman–Crippen LogP) is 7.73. The van der Waals surface area contributed by atoms with Gasteiger partial charge >= 0.3 is 5.97 Å². The average molecular weight is 993 g/mol. The lowest BCUT2D eigenvalue weighted by Crippen LogP contribution is -2.63. The highest BCUT2D eigenvalue weighted by molar-refractivity contribution is 6.70. The monoisotopic (exact) mass is 993 g/mol. The van der Waals surface area contributed by atoms with Crippen molar-refractivity contribution in [1.82, 2.24) is 4.90 Å². The van der Waals surface area contributed by atoms with Crippen LogP contribution in [0.2, 0.25) is 39.3 Å². The van der Waals surface area contributed by atoms with E-state index in [9.17, 15) is 15.0 Å². The van der Waals surface area contributed by atoms with Gasteiger partial charge in [0, 0.05) is 64.9 Å². The highest BCUT2D eigenvalue weighted by Crippen LogP contribution is 2.43. The van der Waals surface area contributed by atoms with Gasteiger partial charge in [0.2, 0.25) is 5.79 Å². The van der Waals surface area contributed by atoms with Crippen LogP contribution in [0, 0.1) is 23.7 Å². The fraction of sp³-hybridized carbons (Fsp3) is 0.959. The number of aliphatic hydroxyl groups is 2. The van der Waals surface area contributed by atoms with E-state index in [-0.39, 0.29) is 31.1 Å². The Morgan fingerprint density at radius 2 is 1.39 bits per heavy atom. The van der Waals surface area contributed by atoms with E-state index in [0.29, 0.717) is 18.7 Å². The van der Waals surface area contributed by atoms with Crippen LogP contribution in [0.4, 0.5) is 0 Å². The van der Waals surface area contributed by atoms with Crippen LogP contribution < -0.4 is 0 Å². The molecule has 0 aliphatic carbocycles. The van der Waals surface area contributed by atoms with Gasteiger partial charge in [-0.25, -0.2) is 0 Å². The van der Waals surface area contributed by atoms with E-state index in [1.807, 2.05) is 62.6 Å². The lowest BCUT2D eigenvalue weighted by molar-refractivity contribution is -0.316. The number of oxime groups is 1. The Morgan fingerprint density at radius 1 is 0.821 bits per heavy atom. The van der Waals surface area contributed by atoms with Crippen LogP contribution in [0.1, 0.15) is 116 Å². The second kappa shape index (κ2) is 23.6. The van der Waals surface area contributed by atoms with Crippen LogP contribution in [-0.2, 0) is 56.4 Å². The van der Waals surface area contributed by atoms with Crippen molar-refractivity contribution in [3.05, 3.63) is 0 Å². The molecule has 16 nitrogen and oxygen atoms in total. The Kier molecular flexibility index (Phi) is 21.2. The Hall–Kier alpha value is -1.11. The van der Waals surface area contributed by atoms with Crippen molar-refractivity contribution < 1.29 is 66.6 Å². The standard InChI is InChI=1S/C49H96N2O14Si2/c1-24-36-49(13,54)41(52)31(5)38(50-65-46(9,10)57-25-2)29(3)27-47(11,55-16)42(62-45-40(63-66(18,19)20)35(51(14)15)26-30(4)58-45)32(6)39(33(7)44(53)60-36)61-37-28-48(12,56-17)43(34(8)59-37)64-67(21,22)23/h29-37,39-43,45,52,54H,24-28H2,1-23H3. The third-order valence-corrected chi connectivity index (χ3v) is 16.0. The molecule has 394 valence electrons. The Morgan fingerprint density at radius 3 is 1.90 bits per heavy atom. The third-order valence-electron chi connectivity index (χ3n) is 14.1. The van der Waals surface area contributed by atoms with Gasteiger partial charge in [-0.15, -0.1) is 0 Å². The van der Waals surface area contributed by atoms with Crippen LogP contribution >= 0.6 is 0 Å². The minimum absolute atomic E-state index is 0.0381. The van der Waals surface area contributed by atoms with Crippen LogP contribution in [0.3, 0.4) is 0 Å². The molecule has 3 rings (SSSR count). The van der Waals surface area contributed by atoms with Crippen molar-refractivity contribution in [2.45, 2.75) is 245 Å². The summed E-state index contributed by atoms with van der Waals surface area (Å²) in [5.41, 5.74) is -3.43. The summed E-state index contributed by atoms with van der Waals surface area (Å²) in [5, 5.41) is 29.2. The molecule has 3 aliphatic heterocycles. The summed E-state index contributed by atoms with van der Waals surface area (Å²) in [4.78, 5) is 23.1. The third kappa shape index (κ3) is 15.5. The van der Waals surface area contributed by atoms with Crippen LogP contribution in [0.15, 0.2) is 5.16 Å². The molecule has 3 fully saturated rings. The Bertz CT molecular complexity index is 1590. The quantitative estimate of drug-likeness (QED) is 0.0665. The molecule has 18 atom stereocenters. The number of nitrogens with zero attached hydrogens (tertiary/aromatic N) is 2. The van der Waals surface area contributed by atoms with E-state index >= 15 is 0 Å². The van der Waals surface area contributed by atoms with Gasteiger partial charge in [0.25, 0.3) is 0 Å². The van der Waals surface area contributed by atoms with Crippen molar-refractivity contribution in [2.75, 3.05) is 34.9 Å². The minimum atomic E-state index is -2.20. The van der Waals surface area contributed by atoms with E-state index in [4.69, 9.17) is 56.7 Å². The van der Waals surface area contributed by atoms with Crippen molar-refractivity contribution in [3.8, 4) is 0 Å². The minimum Gasteiger partial charge on any atom is -0.459 e. The van der Waals surface area contributed by atoms with Gasteiger partial charge in [-0.1, -0.05) is 32.9 Å². The first-order valence-electron chi connectivity index (χ1n) is 24.9. The second-order valence-corrected chi connectivity index (χ2v) is 32.0. The first-order chi connectivity index (χ1) is 30.6. The molecule has 2 N–H and O–H groups in total. The smallest absolute Gasteiger partial charge is 0.311 e. The fourth-order valence-electron chi connectivity index (χ4n) is 10.4. The summed E-state index contributed by atoms with van der Waals surface area (Å²) in [5.74, 6) is -4.57.